The molecule has 0 bridgehead atoms. The maximum Gasteiger partial charge on any atom is 0.414 e. The molecule has 3 heterocycles. The number of imidazole rings is 1. The molecule has 1 unspecified atom stereocenters. The third-order valence-electron chi connectivity index (χ3n) is 4.08. The van der Waals surface area contributed by atoms with Gasteiger partial charge in [-0.15, -0.1) is 10.2 Å². The lowest BCUT2D eigenvalue weighted by Gasteiger charge is -2.21. The summed E-state index contributed by atoms with van der Waals surface area (Å²) in [4.78, 5) is 14.1. The van der Waals surface area contributed by atoms with Crippen LogP contribution >= 0.6 is 0 Å². The molecule has 2 aromatic heterocycles. The summed E-state index contributed by atoms with van der Waals surface area (Å²) in [6.07, 6.45) is 1.69. The van der Waals surface area contributed by atoms with E-state index in [0.717, 1.165) is 5.56 Å². The van der Waals surface area contributed by atoms with Crippen molar-refractivity contribution in [2.75, 3.05) is 6.61 Å². The van der Waals surface area contributed by atoms with Crippen molar-refractivity contribution in [2.24, 2.45) is 0 Å². The van der Waals surface area contributed by atoms with Gasteiger partial charge in [0.1, 0.15) is 24.7 Å². The van der Waals surface area contributed by atoms with Crippen molar-refractivity contribution in [3.63, 3.8) is 0 Å². The van der Waals surface area contributed by atoms with Gasteiger partial charge < -0.3 is 19.6 Å². The van der Waals surface area contributed by atoms with Crippen LogP contribution in [-0.4, -0.2) is 37.4 Å². The summed E-state index contributed by atoms with van der Waals surface area (Å²) < 4.78 is 25.8. The summed E-state index contributed by atoms with van der Waals surface area (Å²) in [7, 11) is 0. The van der Waals surface area contributed by atoms with Crippen LogP contribution in [0.25, 0.3) is 11.3 Å². The molecule has 1 aliphatic heterocycles. The summed E-state index contributed by atoms with van der Waals surface area (Å²) in [6.45, 7) is 0.768. The monoisotopic (exact) mass is 371 g/mol. The van der Waals surface area contributed by atoms with Gasteiger partial charge in [0.15, 0.2) is 0 Å². The van der Waals surface area contributed by atoms with E-state index in [-0.39, 0.29) is 30.4 Å². The standard InChI is InChI=1S/C17H14FN5O4/c18-12-3-1-11(2-4-12)14-5-6-16(21-20-14)26-10-13-7-8-22-9-15(23(24)25)19-17(22)27-13/h1-6,9,13H,7-8,10H2. The first kappa shape index (κ1) is 16.9. The maximum absolute atomic E-state index is 13.0. The van der Waals surface area contributed by atoms with E-state index in [4.69, 9.17) is 9.47 Å². The van der Waals surface area contributed by atoms with Gasteiger partial charge in [-0.3, -0.25) is 4.57 Å². The Morgan fingerprint density at radius 1 is 1.26 bits per heavy atom. The number of halogens is 1. The zero-order valence-corrected chi connectivity index (χ0v) is 14.0. The molecule has 0 aliphatic carbocycles. The molecular formula is C17H14FN5O4. The summed E-state index contributed by atoms with van der Waals surface area (Å²) in [5.74, 6) is -0.233. The number of aryl methyl sites for hydroxylation is 1. The average molecular weight is 371 g/mol. The molecule has 0 N–H and O–H groups in total. The Morgan fingerprint density at radius 3 is 2.78 bits per heavy atom. The smallest absolute Gasteiger partial charge is 0.414 e. The van der Waals surface area contributed by atoms with E-state index < -0.39 is 4.92 Å². The second-order valence-electron chi connectivity index (χ2n) is 5.94. The van der Waals surface area contributed by atoms with Crippen molar-refractivity contribution in [1.29, 1.82) is 0 Å². The zero-order chi connectivity index (χ0) is 18.8. The van der Waals surface area contributed by atoms with Gasteiger partial charge in [0.25, 0.3) is 0 Å². The Hall–Kier alpha value is -3.56. The van der Waals surface area contributed by atoms with Crippen molar-refractivity contribution in [3.8, 4) is 23.1 Å². The van der Waals surface area contributed by atoms with E-state index in [1.807, 2.05) is 0 Å². The first-order valence-corrected chi connectivity index (χ1v) is 8.19. The molecule has 0 radical (unpaired) electrons. The molecule has 0 fully saturated rings. The van der Waals surface area contributed by atoms with Crippen LogP contribution in [0.1, 0.15) is 6.42 Å². The van der Waals surface area contributed by atoms with Gasteiger partial charge in [-0.1, -0.05) is 0 Å². The van der Waals surface area contributed by atoms with Crippen LogP contribution in [0.4, 0.5) is 10.2 Å². The van der Waals surface area contributed by atoms with Crippen molar-refractivity contribution < 1.29 is 18.8 Å². The van der Waals surface area contributed by atoms with Crippen LogP contribution in [0.15, 0.2) is 42.6 Å². The molecule has 4 rings (SSSR count). The van der Waals surface area contributed by atoms with E-state index in [0.29, 0.717) is 24.5 Å². The molecule has 138 valence electrons. The van der Waals surface area contributed by atoms with Gasteiger partial charge in [-0.2, -0.15) is 0 Å². The highest BCUT2D eigenvalue weighted by molar-refractivity contribution is 5.58. The fourth-order valence-corrected chi connectivity index (χ4v) is 2.69. The Balaban J connectivity index is 1.36. The summed E-state index contributed by atoms with van der Waals surface area (Å²) >= 11 is 0. The second kappa shape index (κ2) is 6.98. The SMILES string of the molecule is O=[N+]([O-])c1cn2c(n1)OC(COc1ccc(-c3ccc(F)cc3)nn1)CC2. The Bertz CT molecular complexity index is 958. The number of ether oxygens (including phenoxy) is 2. The van der Waals surface area contributed by atoms with E-state index in [1.54, 1.807) is 28.8 Å². The molecule has 0 spiro atoms. The van der Waals surface area contributed by atoms with Crippen LogP contribution in [0.2, 0.25) is 0 Å². The van der Waals surface area contributed by atoms with E-state index in [9.17, 15) is 14.5 Å². The van der Waals surface area contributed by atoms with Crippen molar-refractivity contribution in [2.45, 2.75) is 19.1 Å². The minimum atomic E-state index is -0.557. The lowest BCUT2D eigenvalue weighted by molar-refractivity contribution is -0.389. The predicted molar refractivity (Wildman–Crippen MR) is 90.8 cm³/mol. The number of benzene rings is 1. The van der Waals surface area contributed by atoms with Crippen LogP contribution in [-0.2, 0) is 6.54 Å². The number of hydrogen-bond acceptors (Lipinski definition) is 7. The fourth-order valence-electron chi connectivity index (χ4n) is 2.69. The summed E-state index contributed by atoms with van der Waals surface area (Å²) in [5.41, 5.74) is 1.35. The summed E-state index contributed by atoms with van der Waals surface area (Å²) in [5, 5.41) is 18.8. The zero-order valence-electron chi connectivity index (χ0n) is 14.0. The number of rotatable bonds is 5. The van der Waals surface area contributed by atoms with Crippen LogP contribution in [0.3, 0.4) is 0 Å². The van der Waals surface area contributed by atoms with Gasteiger partial charge in [0.05, 0.1) is 5.69 Å². The minimum Gasteiger partial charge on any atom is -0.473 e. The Kier molecular flexibility index (Phi) is 4.37. The maximum atomic E-state index is 13.0. The van der Waals surface area contributed by atoms with Gasteiger partial charge >= 0.3 is 11.8 Å². The fraction of sp³-hybridized carbons (Fsp3) is 0.235. The molecule has 1 atom stereocenters. The quantitative estimate of drug-likeness (QED) is 0.501. The predicted octanol–water partition coefficient (Wildman–Crippen LogP) is 2.62. The third-order valence-corrected chi connectivity index (χ3v) is 4.08. The van der Waals surface area contributed by atoms with Gasteiger partial charge in [-0.05, 0) is 35.3 Å². The number of nitro groups is 1. The topological polar surface area (TPSA) is 105 Å². The molecule has 27 heavy (non-hydrogen) atoms. The van der Waals surface area contributed by atoms with Crippen LogP contribution in [0.5, 0.6) is 11.9 Å². The number of nitrogens with zero attached hydrogens (tertiary/aromatic N) is 5. The number of aromatic nitrogens is 4. The lowest BCUT2D eigenvalue weighted by Crippen LogP contribution is -2.31. The normalized spacial score (nSPS) is 15.7. The van der Waals surface area contributed by atoms with Crippen LogP contribution < -0.4 is 9.47 Å². The largest absolute Gasteiger partial charge is 0.473 e. The minimum absolute atomic E-state index is 0.208. The van der Waals surface area contributed by atoms with E-state index in [2.05, 4.69) is 15.2 Å². The molecule has 1 aromatic carbocycles. The number of hydrogen-bond donors (Lipinski definition) is 0. The first-order valence-electron chi connectivity index (χ1n) is 8.19. The third kappa shape index (κ3) is 3.68. The summed E-state index contributed by atoms with van der Waals surface area (Å²) in [6, 6.07) is 9.56. The Morgan fingerprint density at radius 2 is 2.07 bits per heavy atom. The molecule has 0 saturated carbocycles. The molecule has 9 nitrogen and oxygen atoms in total. The van der Waals surface area contributed by atoms with Gasteiger partial charge in [0.2, 0.25) is 5.88 Å². The van der Waals surface area contributed by atoms with E-state index >= 15 is 0 Å². The first-order chi connectivity index (χ1) is 13.1. The lowest BCUT2D eigenvalue weighted by atomic mass is 10.1. The van der Waals surface area contributed by atoms with Crippen molar-refractivity contribution in [1.82, 2.24) is 19.7 Å². The number of fused-ring (bicyclic) bond motifs is 1. The molecule has 0 amide bonds. The van der Waals surface area contributed by atoms with E-state index in [1.165, 1.54) is 18.3 Å². The van der Waals surface area contributed by atoms with Crippen molar-refractivity contribution >= 4 is 5.82 Å². The molecule has 10 heteroatoms. The van der Waals surface area contributed by atoms with Gasteiger partial charge in [0, 0.05) is 29.6 Å². The molecule has 3 aromatic rings. The molecule has 0 saturated heterocycles. The average Bonchev–Trinajstić information content (AvgIpc) is 3.11. The highest BCUT2D eigenvalue weighted by Gasteiger charge is 2.28. The molecular weight excluding hydrogens is 357 g/mol. The highest BCUT2D eigenvalue weighted by Crippen LogP contribution is 2.24. The van der Waals surface area contributed by atoms with Crippen molar-refractivity contribution in [3.05, 3.63) is 58.5 Å². The van der Waals surface area contributed by atoms with Gasteiger partial charge in [-0.25, -0.2) is 4.39 Å². The molecule has 1 aliphatic rings. The Labute approximate surface area is 152 Å². The second-order valence-corrected chi connectivity index (χ2v) is 5.94. The van der Waals surface area contributed by atoms with Crippen LogP contribution in [0, 0.1) is 15.9 Å². The highest BCUT2D eigenvalue weighted by atomic mass is 19.1.